The zero-order valence-electron chi connectivity index (χ0n) is 20.2. The van der Waals surface area contributed by atoms with Crippen molar-refractivity contribution in [1.29, 1.82) is 10.5 Å². The number of piperidine rings is 1. The van der Waals surface area contributed by atoms with E-state index in [2.05, 4.69) is 6.07 Å². The van der Waals surface area contributed by atoms with Gasteiger partial charge >= 0.3 is 0 Å². The van der Waals surface area contributed by atoms with Crippen molar-refractivity contribution >= 4 is 5.82 Å². The molecule has 0 saturated carbocycles. The molecule has 36 heavy (non-hydrogen) atoms. The van der Waals surface area contributed by atoms with Gasteiger partial charge in [0.2, 0.25) is 0 Å². The fourth-order valence-corrected chi connectivity index (χ4v) is 4.52. The smallest absolute Gasteiger partial charge is 0.141 e. The summed E-state index contributed by atoms with van der Waals surface area (Å²) in [6, 6.07) is 14.3. The molecule has 3 aromatic rings. The van der Waals surface area contributed by atoms with Gasteiger partial charge in [-0.1, -0.05) is 18.2 Å². The van der Waals surface area contributed by atoms with Gasteiger partial charge in [-0.3, -0.25) is 0 Å². The molecule has 0 bridgehead atoms. The average molecular weight is 488 g/mol. The normalized spacial score (nSPS) is 14.4. The quantitative estimate of drug-likeness (QED) is 0.541. The van der Waals surface area contributed by atoms with Crippen molar-refractivity contribution in [2.75, 3.05) is 18.0 Å². The Morgan fingerprint density at radius 2 is 1.72 bits per heavy atom. The highest BCUT2D eigenvalue weighted by atomic mass is 19.1. The molecule has 0 radical (unpaired) electrons. The molecule has 1 aromatic heterocycles. The van der Waals surface area contributed by atoms with Crippen LogP contribution in [0.15, 0.2) is 42.5 Å². The van der Waals surface area contributed by atoms with Gasteiger partial charge < -0.3 is 15.7 Å². The summed E-state index contributed by atoms with van der Waals surface area (Å²) in [5, 5.41) is 29.3. The van der Waals surface area contributed by atoms with Gasteiger partial charge in [-0.25, -0.2) is 13.8 Å². The maximum atomic E-state index is 15.5. The van der Waals surface area contributed by atoms with E-state index < -0.39 is 17.2 Å². The first-order chi connectivity index (χ1) is 17.1. The SMILES string of the molecule is CC(C)(O)Cc1ccc(-c2c(C#N)cc(N3CCC(N)CC3)nc2-c2ccc(C#N)c(F)c2)c(F)c1. The number of aromatic nitrogens is 1. The Balaban J connectivity index is 1.91. The van der Waals surface area contributed by atoms with Gasteiger partial charge in [0.25, 0.3) is 0 Å². The first-order valence-corrected chi connectivity index (χ1v) is 11.8. The summed E-state index contributed by atoms with van der Waals surface area (Å²) in [4.78, 5) is 6.79. The molecule has 1 saturated heterocycles. The summed E-state index contributed by atoms with van der Waals surface area (Å²) in [6.07, 6.45) is 1.78. The molecule has 3 N–H and O–H groups in total. The fourth-order valence-electron chi connectivity index (χ4n) is 4.52. The van der Waals surface area contributed by atoms with Crippen molar-refractivity contribution in [2.45, 2.75) is 44.8 Å². The molecule has 2 heterocycles. The van der Waals surface area contributed by atoms with E-state index in [1.807, 2.05) is 4.90 Å². The molecule has 0 aliphatic carbocycles. The molecule has 0 amide bonds. The van der Waals surface area contributed by atoms with Crippen LogP contribution in [0.25, 0.3) is 22.4 Å². The second-order valence-corrected chi connectivity index (χ2v) is 9.80. The van der Waals surface area contributed by atoms with Crippen LogP contribution in [0.3, 0.4) is 0 Å². The summed E-state index contributed by atoms with van der Waals surface area (Å²) in [5.41, 5.74) is 6.66. The number of pyridine rings is 1. The van der Waals surface area contributed by atoms with Gasteiger partial charge in [-0.15, -0.1) is 0 Å². The Morgan fingerprint density at radius 1 is 1.03 bits per heavy atom. The van der Waals surface area contributed by atoms with Crippen LogP contribution in [-0.2, 0) is 6.42 Å². The molecule has 2 aromatic carbocycles. The third kappa shape index (κ3) is 5.36. The lowest BCUT2D eigenvalue weighted by Gasteiger charge is -2.31. The van der Waals surface area contributed by atoms with E-state index >= 15 is 4.39 Å². The predicted octanol–water partition coefficient (Wildman–Crippen LogP) is 4.68. The molecule has 0 spiro atoms. The number of aliphatic hydroxyl groups is 1. The Morgan fingerprint density at radius 3 is 2.31 bits per heavy atom. The van der Waals surface area contributed by atoms with Crippen LogP contribution < -0.4 is 10.6 Å². The molecule has 0 atom stereocenters. The van der Waals surface area contributed by atoms with Crippen molar-refractivity contribution in [1.82, 2.24) is 4.98 Å². The van der Waals surface area contributed by atoms with Crippen molar-refractivity contribution in [2.24, 2.45) is 5.73 Å². The van der Waals surface area contributed by atoms with Gasteiger partial charge in [0, 0.05) is 42.2 Å². The highest BCUT2D eigenvalue weighted by Gasteiger charge is 2.24. The van der Waals surface area contributed by atoms with Gasteiger partial charge in [0.05, 0.1) is 28.5 Å². The Labute approximate surface area is 209 Å². The lowest BCUT2D eigenvalue weighted by Crippen LogP contribution is -2.40. The van der Waals surface area contributed by atoms with Gasteiger partial charge in [-0.05, 0) is 56.5 Å². The maximum absolute atomic E-state index is 15.5. The molecule has 1 fully saturated rings. The van der Waals surface area contributed by atoms with Crippen LogP contribution in [0.1, 0.15) is 43.4 Å². The van der Waals surface area contributed by atoms with E-state index in [0.717, 1.165) is 12.8 Å². The van der Waals surface area contributed by atoms with E-state index in [4.69, 9.17) is 16.0 Å². The number of nitriles is 2. The highest BCUT2D eigenvalue weighted by molar-refractivity contribution is 5.87. The number of hydrogen-bond donors (Lipinski definition) is 2. The van der Waals surface area contributed by atoms with Gasteiger partial charge in [0.1, 0.15) is 23.5 Å². The van der Waals surface area contributed by atoms with Crippen molar-refractivity contribution in [3.8, 4) is 34.5 Å². The van der Waals surface area contributed by atoms with Gasteiger partial charge in [0.15, 0.2) is 0 Å². The third-order valence-electron chi connectivity index (χ3n) is 6.29. The Hall–Kier alpha value is -3.85. The summed E-state index contributed by atoms with van der Waals surface area (Å²) >= 11 is 0. The molecule has 4 rings (SSSR count). The van der Waals surface area contributed by atoms with Crippen molar-refractivity contribution < 1.29 is 13.9 Å². The largest absolute Gasteiger partial charge is 0.390 e. The first kappa shape index (κ1) is 25.2. The number of nitrogens with zero attached hydrogens (tertiary/aromatic N) is 4. The van der Waals surface area contributed by atoms with Crippen LogP contribution in [0.4, 0.5) is 14.6 Å². The van der Waals surface area contributed by atoms with Crippen LogP contribution in [0, 0.1) is 34.3 Å². The zero-order valence-corrected chi connectivity index (χ0v) is 20.2. The minimum absolute atomic E-state index is 0.0968. The maximum Gasteiger partial charge on any atom is 0.141 e. The molecule has 8 heteroatoms. The molecule has 184 valence electrons. The summed E-state index contributed by atoms with van der Waals surface area (Å²) in [6.45, 7) is 4.58. The summed E-state index contributed by atoms with van der Waals surface area (Å²) in [5.74, 6) is -0.778. The molecule has 0 unspecified atom stereocenters. The third-order valence-corrected chi connectivity index (χ3v) is 6.29. The number of nitrogens with two attached hydrogens (primary N) is 1. The van der Waals surface area contributed by atoms with Crippen LogP contribution in [0.5, 0.6) is 0 Å². The zero-order chi connectivity index (χ0) is 26.0. The molecular formula is C28H27F2N5O. The number of anilines is 1. The monoisotopic (exact) mass is 487 g/mol. The molecule has 1 aliphatic rings. The minimum atomic E-state index is -1.02. The highest BCUT2D eigenvalue weighted by Crippen LogP contribution is 2.38. The number of benzene rings is 2. The van der Waals surface area contributed by atoms with E-state index in [9.17, 15) is 14.8 Å². The number of hydrogen-bond acceptors (Lipinski definition) is 6. The lowest BCUT2D eigenvalue weighted by molar-refractivity contribution is 0.0809. The molecule has 6 nitrogen and oxygen atoms in total. The van der Waals surface area contributed by atoms with Crippen LogP contribution >= 0.6 is 0 Å². The standard InChI is InChI=1S/C28H27F2N5O/c1-28(2,36)14-17-3-6-22(24(30)11-17)26-20(16-32)13-25(35-9-7-21(33)8-10-35)34-27(26)18-4-5-19(15-31)23(29)12-18/h3-6,11-13,21,36H,7-10,14,33H2,1-2H3. The van der Waals surface area contributed by atoms with E-state index in [-0.39, 0.29) is 40.4 Å². The summed E-state index contributed by atoms with van der Waals surface area (Å²) < 4.78 is 30.1. The Bertz CT molecular complexity index is 1380. The molecule has 1 aliphatic heterocycles. The van der Waals surface area contributed by atoms with Crippen molar-refractivity contribution in [3.05, 3.63) is 70.8 Å². The number of rotatable bonds is 5. The predicted molar refractivity (Wildman–Crippen MR) is 134 cm³/mol. The van der Waals surface area contributed by atoms with Crippen LogP contribution in [0.2, 0.25) is 0 Å². The fraction of sp³-hybridized carbons (Fsp3) is 0.321. The topological polar surface area (TPSA) is 110 Å². The van der Waals surface area contributed by atoms with E-state index in [0.29, 0.717) is 30.0 Å². The van der Waals surface area contributed by atoms with Gasteiger partial charge in [-0.2, -0.15) is 10.5 Å². The van der Waals surface area contributed by atoms with Crippen LogP contribution in [-0.4, -0.2) is 34.8 Å². The lowest BCUT2D eigenvalue weighted by atomic mass is 9.91. The second-order valence-electron chi connectivity index (χ2n) is 9.80. The molecular weight excluding hydrogens is 460 g/mol. The minimum Gasteiger partial charge on any atom is -0.390 e. The number of halogens is 2. The first-order valence-electron chi connectivity index (χ1n) is 11.8. The van der Waals surface area contributed by atoms with E-state index in [1.54, 1.807) is 44.2 Å². The average Bonchev–Trinajstić information content (AvgIpc) is 2.83. The second kappa shape index (κ2) is 10.0. The van der Waals surface area contributed by atoms with E-state index in [1.165, 1.54) is 18.2 Å². The summed E-state index contributed by atoms with van der Waals surface area (Å²) in [7, 11) is 0. The van der Waals surface area contributed by atoms with Crippen molar-refractivity contribution in [3.63, 3.8) is 0 Å². The Kier molecular flexibility index (Phi) is 7.03.